The van der Waals surface area contributed by atoms with Crippen molar-refractivity contribution in [2.75, 3.05) is 0 Å². The smallest absolute Gasteiger partial charge is 0.193 e. The number of ketones is 1. The largest absolute Gasteiger partial charge is 0.507 e. The maximum absolute atomic E-state index is 15.1. The van der Waals surface area contributed by atoms with E-state index in [0.717, 1.165) is 145 Å². The zero-order valence-electron chi connectivity index (χ0n) is 62.2. The number of carbonyl (C=O) groups is 1. The van der Waals surface area contributed by atoms with E-state index in [2.05, 4.69) is 267 Å². The average Bonchev–Trinajstić information content (AvgIpc) is 0.728. The van der Waals surface area contributed by atoms with Crippen LogP contribution in [-0.2, 0) is 0 Å². The van der Waals surface area contributed by atoms with Crippen molar-refractivity contribution in [3.05, 3.63) is 448 Å². The first kappa shape index (κ1) is 70.5. The predicted molar refractivity (Wildman–Crippen MR) is 469 cm³/mol. The monoisotopic (exact) mass is 1460 g/mol. The highest BCUT2D eigenvalue weighted by Crippen LogP contribution is 2.59. The summed E-state index contributed by atoms with van der Waals surface area (Å²) in [5.74, 6) is 2.50. The fourth-order valence-corrected chi connectivity index (χ4v) is 16.0. The Kier molecular flexibility index (Phi) is 19.7. The summed E-state index contributed by atoms with van der Waals surface area (Å²) >= 11 is 0. The SMILES string of the molecule is O=C(c1ccc(Oc2c(-c3ccccc3)cc(-c3cc(-c4ccccc4)c(O)c(-c4ccccc4)c3-c3ccccc3)c(-c3ccccc3)c2-c2ccccc2)cc1)c1ccc(Oc2c(-c3ccccc3)cc(-c3cc(-c4ccccc4)c(O)c(-c4ccccc4)c3-c3ccccc3)c(-c3ccccc3)c2-c2ccccc2)cc1. The number of hydrogen-bond acceptors (Lipinski definition) is 5. The van der Waals surface area contributed by atoms with E-state index in [1.807, 2.05) is 170 Å². The molecule has 0 radical (unpaired) electrons. The second-order valence-corrected chi connectivity index (χ2v) is 28.2. The lowest BCUT2D eigenvalue weighted by Gasteiger charge is -2.27. The van der Waals surface area contributed by atoms with Gasteiger partial charge in [0, 0.05) is 77.9 Å². The van der Waals surface area contributed by atoms with Crippen molar-refractivity contribution in [3.8, 4) is 190 Å². The van der Waals surface area contributed by atoms with Crippen LogP contribution in [0.2, 0.25) is 0 Å². The molecule has 0 heterocycles. The van der Waals surface area contributed by atoms with Gasteiger partial charge in [-0.15, -0.1) is 0 Å². The third-order valence-electron chi connectivity index (χ3n) is 21.3. The molecule has 0 bridgehead atoms. The number of aromatic hydroxyl groups is 2. The molecule has 5 nitrogen and oxygen atoms in total. The minimum absolute atomic E-state index is 0.176. The predicted octanol–water partition coefficient (Wildman–Crippen LogP) is 29.3. The van der Waals surface area contributed by atoms with Gasteiger partial charge in [-0.1, -0.05) is 364 Å². The molecule has 18 aromatic carbocycles. The van der Waals surface area contributed by atoms with Gasteiger partial charge in [-0.05, 0) is 162 Å². The van der Waals surface area contributed by atoms with E-state index in [1.54, 1.807) is 0 Å². The molecule has 0 spiro atoms. The molecule has 0 aromatic heterocycles. The van der Waals surface area contributed by atoms with E-state index in [9.17, 15) is 10.2 Å². The number of phenolic OH excluding ortho intramolecular Hbond substituents is 2. The molecule has 2 N–H and O–H groups in total. The summed E-state index contributed by atoms with van der Waals surface area (Å²) < 4.78 is 15.0. The van der Waals surface area contributed by atoms with Crippen LogP contribution in [0.4, 0.5) is 0 Å². The van der Waals surface area contributed by atoms with Gasteiger partial charge in [0.25, 0.3) is 0 Å². The number of ether oxygens (including phenoxy) is 2. The molecule has 0 saturated heterocycles. The topological polar surface area (TPSA) is 76.0 Å². The van der Waals surface area contributed by atoms with Crippen LogP contribution in [0.5, 0.6) is 34.5 Å². The maximum atomic E-state index is 15.1. The summed E-state index contributed by atoms with van der Waals surface area (Å²) in [6.07, 6.45) is 0. The van der Waals surface area contributed by atoms with Crippen molar-refractivity contribution < 1.29 is 24.5 Å². The molecule has 0 aliphatic rings. The lowest BCUT2D eigenvalue weighted by molar-refractivity contribution is 0.103. The molecule has 0 fully saturated rings. The molecule has 18 rings (SSSR count). The van der Waals surface area contributed by atoms with Gasteiger partial charge in [0.2, 0.25) is 0 Å². The minimum atomic E-state index is -0.176. The first-order valence-electron chi connectivity index (χ1n) is 38.3. The Labute approximate surface area is 664 Å². The Morgan fingerprint density at radius 1 is 0.175 bits per heavy atom. The third kappa shape index (κ3) is 13.9. The van der Waals surface area contributed by atoms with Crippen LogP contribution >= 0.6 is 0 Å². The molecule has 0 aliphatic heterocycles. The summed E-state index contributed by atoms with van der Waals surface area (Å²) in [5, 5.41) is 25.9. The number of benzene rings is 18. The van der Waals surface area contributed by atoms with Crippen LogP contribution in [0.1, 0.15) is 15.9 Å². The number of hydrogen-bond donors (Lipinski definition) is 2. The fourth-order valence-electron chi connectivity index (χ4n) is 16.0. The summed E-state index contributed by atoms with van der Waals surface area (Å²) in [4.78, 5) is 15.1. The van der Waals surface area contributed by atoms with E-state index in [-0.39, 0.29) is 17.3 Å². The third-order valence-corrected chi connectivity index (χ3v) is 21.3. The van der Waals surface area contributed by atoms with E-state index in [1.165, 1.54) is 0 Å². The zero-order valence-corrected chi connectivity index (χ0v) is 62.2. The van der Waals surface area contributed by atoms with Crippen molar-refractivity contribution in [3.63, 3.8) is 0 Å². The van der Waals surface area contributed by atoms with E-state index >= 15 is 4.79 Å². The molecule has 0 atom stereocenters. The molecule has 18 aromatic rings. The normalized spacial score (nSPS) is 11.1. The van der Waals surface area contributed by atoms with E-state index in [4.69, 9.17) is 9.47 Å². The maximum Gasteiger partial charge on any atom is 0.193 e. The number of rotatable bonds is 20. The Balaban J connectivity index is 0.768. The Hall–Kier alpha value is -15.2. The van der Waals surface area contributed by atoms with Crippen LogP contribution < -0.4 is 9.47 Å². The lowest BCUT2D eigenvalue weighted by atomic mass is 9.78. The first-order chi connectivity index (χ1) is 56.4. The summed E-state index contributed by atoms with van der Waals surface area (Å²) in [7, 11) is 0. The zero-order chi connectivity index (χ0) is 76.7. The molecule has 114 heavy (non-hydrogen) atoms. The van der Waals surface area contributed by atoms with Crippen molar-refractivity contribution >= 4 is 5.78 Å². The Morgan fingerprint density at radius 2 is 0.351 bits per heavy atom. The highest BCUT2D eigenvalue weighted by Gasteiger charge is 2.32. The van der Waals surface area contributed by atoms with Crippen LogP contribution in [0.3, 0.4) is 0 Å². The molecule has 0 saturated carbocycles. The van der Waals surface area contributed by atoms with Crippen molar-refractivity contribution in [1.29, 1.82) is 0 Å². The first-order valence-corrected chi connectivity index (χ1v) is 38.3. The molecule has 540 valence electrons. The van der Waals surface area contributed by atoms with E-state index < -0.39 is 0 Å². The number of carbonyl (C=O) groups excluding carboxylic acids is 1. The fraction of sp³-hybridized carbons (Fsp3) is 0. The average molecular weight is 1460 g/mol. The van der Waals surface area contributed by atoms with Crippen LogP contribution in [0, 0.1) is 0 Å². The van der Waals surface area contributed by atoms with Gasteiger partial charge in [0.1, 0.15) is 34.5 Å². The van der Waals surface area contributed by atoms with Crippen LogP contribution in [-0.4, -0.2) is 16.0 Å². The molecule has 5 heteroatoms. The molecule has 0 aliphatic carbocycles. The molecular weight excluding hydrogens is 1390 g/mol. The van der Waals surface area contributed by atoms with Crippen LogP contribution in [0.15, 0.2) is 437 Å². The molecule has 0 unspecified atom stereocenters. The quantitative estimate of drug-likeness (QED) is 0.0744. The summed E-state index contributed by atoms with van der Waals surface area (Å²) in [5.41, 5.74) is 25.5. The minimum Gasteiger partial charge on any atom is -0.507 e. The van der Waals surface area contributed by atoms with Gasteiger partial charge < -0.3 is 19.7 Å². The van der Waals surface area contributed by atoms with Crippen molar-refractivity contribution in [2.24, 2.45) is 0 Å². The summed E-state index contributed by atoms with van der Waals surface area (Å²) in [6, 6.07) is 148. The van der Waals surface area contributed by atoms with E-state index in [0.29, 0.717) is 45.3 Å². The number of phenols is 2. The van der Waals surface area contributed by atoms with Gasteiger partial charge in [-0.3, -0.25) is 4.79 Å². The standard InChI is InChI=1S/C109H74O5/c110-105(85-61-65-87(66-62-85)113-108-91(75-41-17-3-18-42-75)71-95(99(79-49-25-7-26-50-79)103(108)83-57-33-11-34-58-83)93-69-89(73-37-13-1-14-38-73)106(111)101(81-53-29-9-30-54-81)97(93)77-45-21-5-22-46-77)86-63-67-88(68-64-86)114-109-92(76-43-19-4-20-44-76)72-96(100(80-51-27-8-28-52-80)104(109)84-59-35-12-36-60-84)94-70-90(74-39-15-2-16-40-74)107(112)102(82-55-31-10-32-56-82)98(94)78-47-23-6-24-48-78/h1-72,111-112H. The van der Waals surface area contributed by atoms with Gasteiger partial charge in [-0.25, -0.2) is 0 Å². The molecule has 0 amide bonds. The van der Waals surface area contributed by atoms with Crippen molar-refractivity contribution in [2.45, 2.75) is 0 Å². The molecular formula is C109H74O5. The lowest BCUT2D eigenvalue weighted by Crippen LogP contribution is -2.03. The second kappa shape index (κ2) is 31.8. The van der Waals surface area contributed by atoms with Gasteiger partial charge in [0.05, 0.1) is 0 Å². The van der Waals surface area contributed by atoms with Crippen molar-refractivity contribution in [1.82, 2.24) is 0 Å². The highest BCUT2D eigenvalue weighted by atomic mass is 16.5. The summed E-state index contributed by atoms with van der Waals surface area (Å²) in [6.45, 7) is 0. The Bertz CT molecular complexity index is 6040. The Morgan fingerprint density at radius 3 is 0.579 bits per heavy atom. The van der Waals surface area contributed by atoms with Gasteiger partial charge >= 0.3 is 0 Å². The van der Waals surface area contributed by atoms with Crippen LogP contribution in [0.25, 0.3) is 156 Å². The second-order valence-electron chi connectivity index (χ2n) is 28.2. The highest BCUT2D eigenvalue weighted by molar-refractivity contribution is 6.12. The van der Waals surface area contributed by atoms with Gasteiger partial charge in [0.15, 0.2) is 5.78 Å². The van der Waals surface area contributed by atoms with Gasteiger partial charge in [-0.2, -0.15) is 0 Å².